The summed E-state index contributed by atoms with van der Waals surface area (Å²) >= 11 is 0. The van der Waals surface area contributed by atoms with Crippen LogP contribution in [0.2, 0.25) is 0 Å². The van der Waals surface area contributed by atoms with Gasteiger partial charge in [0.05, 0.1) is 10.9 Å². The first kappa shape index (κ1) is 30.1. The first-order valence-corrected chi connectivity index (χ1v) is 16.3. The quantitative estimate of drug-likeness (QED) is 0.375. The van der Waals surface area contributed by atoms with Crippen molar-refractivity contribution in [2.45, 2.75) is 95.8 Å². The Hall–Kier alpha value is -3.37. The van der Waals surface area contributed by atoms with E-state index in [1.165, 1.54) is 0 Å². The van der Waals surface area contributed by atoms with Gasteiger partial charge in [0.2, 0.25) is 15.9 Å². The number of rotatable bonds is 7. The molecule has 42 heavy (non-hydrogen) atoms. The van der Waals surface area contributed by atoms with E-state index in [0.29, 0.717) is 24.5 Å². The van der Waals surface area contributed by atoms with Crippen molar-refractivity contribution >= 4 is 32.9 Å². The van der Waals surface area contributed by atoms with Crippen LogP contribution in [0.4, 0.5) is 4.79 Å². The number of alkyl carbamates (subject to hydrolysis) is 1. The Morgan fingerprint density at radius 3 is 2.52 bits per heavy atom. The lowest BCUT2D eigenvalue weighted by Crippen LogP contribution is -2.35. The molecule has 0 saturated carbocycles. The minimum absolute atomic E-state index is 0.0841. The second-order valence-corrected chi connectivity index (χ2v) is 14.5. The number of benzene rings is 2. The molecule has 2 aromatic carbocycles. The van der Waals surface area contributed by atoms with Crippen molar-refractivity contribution in [1.29, 1.82) is 0 Å². The molecule has 3 aromatic rings. The van der Waals surface area contributed by atoms with Crippen LogP contribution in [0.15, 0.2) is 47.5 Å². The van der Waals surface area contributed by atoms with Gasteiger partial charge in [-0.2, -0.15) is 4.31 Å². The van der Waals surface area contributed by atoms with Crippen LogP contribution in [0.5, 0.6) is 0 Å². The number of piperidine rings is 1. The summed E-state index contributed by atoms with van der Waals surface area (Å²) in [5.41, 5.74) is 4.45. The molecule has 226 valence electrons. The van der Waals surface area contributed by atoms with E-state index in [1.807, 2.05) is 63.6 Å². The molecule has 2 aliphatic rings. The molecule has 1 fully saturated rings. The first-order valence-electron chi connectivity index (χ1n) is 14.8. The smallest absolute Gasteiger partial charge is 0.408 e. The molecule has 1 aromatic heterocycles. The lowest BCUT2D eigenvalue weighted by Gasteiger charge is -2.26. The van der Waals surface area contributed by atoms with E-state index in [2.05, 4.69) is 16.7 Å². The van der Waals surface area contributed by atoms with Crippen molar-refractivity contribution < 1.29 is 22.7 Å². The predicted molar refractivity (Wildman–Crippen MR) is 163 cm³/mol. The second-order valence-electron chi connectivity index (χ2n) is 12.5. The van der Waals surface area contributed by atoms with Crippen LogP contribution >= 0.6 is 0 Å². The second kappa shape index (κ2) is 11.7. The highest BCUT2D eigenvalue weighted by molar-refractivity contribution is 7.89. The number of ether oxygens (including phenoxy) is 1. The van der Waals surface area contributed by atoms with E-state index in [1.54, 1.807) is 16.4 Å². The summed E-state index contributed by atoms with van der Waals surface area (Å²) in [4.78, 5) is 25.8. The average Bonchev–Trinajstić information content (AvgIpc) is 3.50. The maximum absolute atomic E-state index is 13.2. The molecule has 2 heterocycles. The molecule has 2 unspecified atom stereocenters. The highest BCUT2D eigenvalue weighted by Crippen LogP contribution is 2.33. The summed E-state index contributed by atoms with van der Waals surface area (Å²) in [5.74, 6) is -0.123. The summed E-state index contributed by atoms with van der Waals surface area (Å²) in [6, 6.07) is 10.7. The summed E-state index contributed by atoms with van der Waals surface area (Å²) in [5, 5.41) is 6.86. The lowest BCUT2D eigenvalue weighted by atomic mass is 10.0. The van der Waals surface area contributed by atoms with Crippen molar-refractivity contribution in [3.8, 4) is 0 Å². The number of amides is 2. The van der Waals surface area contributed by atoms with Gasteiger partial charge in [-0.1, -0.05) is 24.6 Å². The number of sulfonamides is 1. The largest absolute Gasteiger partial charge is 0.444 e. The molecule has 0 spiro atoms. The van der Waals surface area contributed by atoms with Gasteiger partial charge in [-0.15, -0.1) is 0 Å². The van der Waals surface area contributed by atoms with Crippen LogP contribution in [-0.4, -0.2) is 48.0 Å². The average molecular weight is 595 g/mol. The van der Waals surface area contributed by atoms with Crippen molar-refractivity contribution in [2.24, 2.45) is 0 Å². The van der Waals surface area contributed by atoms with E-state index in [4.69, 9.17) is 4.74 Å². The third-order valence-electron chi connectivity index (χ3n) is 8.20. The monoisotopic (exact) mass is 594 g/mol. The molecule has 0 radical (unpaired) electrons. The number of aryl methyl sites for hydroxylation is 2. The zero-order chi connectivity index (χ0) is 30.2. The number of carbonyl (C=O) groups is 2. The molecule has 2 N–H and O–H groups in total. The van der Waals surface area contributed by atoms with Gasteiger partial charge < -0.3 is 19.9 Å². The first-order chi connectivity index (χ1) is 19.8. The molecule has 10 heteroatoms. The fourth-order valence-electron chi connectivity index (χ4n) is 5.98. The van der Waals surface area contributed by atoms with E-state index < -0.39 is 27.8 Å². The van der Waals surface area contributed by atoms with Gasteiger partial charge in [0, 0.05) is 36.7 Å². The van der Waals surface area contributed by atoms with Crippen molar-refractivity contribution in [2.75, 3.05) is 13.1 Å². The Kier molecular flexibility index (Phi) is 8.40. The fraction of sp³-hybridized carbons (Fsp3) is 0.500. The predicted octanol–water partition coefficient (Wildman–Crippen LogP) is 5.51. The number of nitrogens with zero attached hydrogens (tertiary/aromatic N) is 2. The van der Waals surface area contributed by atoms with Gasteiger partial charge in [0.1, 0.15) is 11.6 Å². The molecule has 0 bridgehead atoms. The topological polar surface area (TPSA) is 110 Å². The maximum Gasteiger partial charge on any atom is 0.408 e. The molecule has 1 saturated heterocycles. The van der Waals surface area contributed by atoms with E-state index in [9.17, 15) is 18.0 Å². The van der Waals surface area contributed by atoms with Crippen LogP contribution in [0, 0.1) is 6.92 Å². The van der Waals surface area contributed by atoms with E-state index in [0.717, 1.165) is 65.3 Å². The lowest BCUT2D eigenvalue weighted by molar-refractivity contribution is -0.123. The number of carbonyl (C=O) groups excluding carboxylic acids is 2. The van der Waals surface area contributed by atoms with Crippen LogP contribution in [-0.2, 0) is 32.5 Å². The fourth-order valence-corrected chi connectivity index (χ4v) is 7.53. The van der Waals surface area contributed by atoms with Gasteiger partial charge in [-0.05, 0) is 101 Å². The standard InChI is InChI=1S/C32H42N4O5S/c1-21-20-36(29-14-11-25(18-27(21)29)42(39,40)35-15-7-6-8-16-35)22(2)30(37)33-19-23-9-12-26-24(17-23)10-13-28(26)34-31(38)41-32(3,4)5/h9,11-12,14,17-18,20,22,28H,6-8,10,13,15-16,19H2,1-5H3,(H,33,37)(H,34,38). The van der Waals surface area contributed by atoms with Crippen molar-refractivity contribution in [3.63, 3.8) is 0 Å². The molecule has 2 atom stereocenters. The summed E-state index contributed by atoms with van der Waals surface area (Å²) in [6.45, 7) is 10.8. The molecule has 1 aliphatic heterocycles. The minimum atomic E-state index is -3.54. The van der Waals surface area contributed by atoms with E-state index in [-0.39, 0.29) is 11.9 Å². The Morgan fingerprint density at radius 1 is 1.07 bits per heavy atom. The van der Waals surface area contributed by atoms with Crippen LogP contribution in [0.1, 0.15) is 87.7 Å². The molecule has 1 aliphatic carbocycles. The maximum atomic E-state index is 13.2. The number of hydrogen-bond donors (Lipinski definition) is 2. The summed E-state index contributed by atoms with van der Waals surface area (Å²) < 4.78 is 35.4. The molecular weight excluding hydrogens is 552 g/mol. The Labute approximate surface area is 248 Å². The van der Waals surface area contributed by atoms with Crippen molar-refractivity contribution in [1.82, 2.24) is 19.5 Å². The Bertz CT molecular complexity index is 1600. The highest BCUT2D eigenvalue weighted by atomic mass is 32.2. The molecular formula is C32H42N4O5S. The third kappa shape index (κ3) is 6.34. The van der Waals surface area contributed by atoms with Gasteiger partial charge >= 0.3 is 6.09 Å². The van der Waals surface area contributed by atoms with Crippen LogP contribution < -0.4 is 10.6 Å². The Balaban J connectivity index is 1.24. The summed E-state index contributed by atoms with van der Waals surface area (Å²) in [6.07, 6.45) is 5.99. The number of fused-ring (bicyclic) bond motifs is 2. The zero-order valence-electron chi connectivity index (χ0n) is 25.2. The third-order valence-corrected chi connectivity index (χ3v) is 10.1. The number of aromatic nitrogens is 1. The van der Waals surface area contributed by atoms with Gasteiger partial charge in [0.25, 0.3) is 0 Å². The molecule has 2 amide bonds. The molecule has 5 rings (SSSR count). The normalized spacial score (nSPS) is 18.5. The van der Waals surface area contributed by atoms with Crippen LogP contribution in [0.25, 0.3) is 10.9 Å². The zero-order valence-corrected chi connectivity index (χ0v) is 26.0. The number of hydrogen-bond acceptors (Lipinski definition) is 5. The van der Waals surface area contributed by atoms with Crippen LogP contribution in [0.3, 0.4) is 0 Å². The minimum Gasteiger partial charge on any atom is -0.444 e. The SMILES string of the molecule is Cc1cn(C(C)C(=O)NCc2ccc3c(c2)CCC3NC(=O)OC(C)(C)C)c2ccc(S(=O)(=O)N3CCCCC3)cc12. The Morgan fingerprint density at radius 2 is 1.81 bits per heavy atom. The highest BCUT2D eigenvalue weighted by Gasteiger charge is 2.28. The van der Waals surface area contributed by atoms with Gasteiger partial charge in [-0.25, -0.2) is 13.2 Å². The van der Waals surface area contributed by atoms with Gasteiger partial charge in [0.15, 0.2) is 0 Å². The van der Waals surface area contributed by atoms with Gasteiger partial charge in [-0.3, -0.25) is 4.79 Å². The summed E-state index contributed by atoms with van der Waals surface area (Å²) in [7, 11) is -3.54. The number of nitrogens with one attached hydrogen (secondary N) is 2. The molecule has 9 nitrogen and oxygen atoms in total. The van der Waals surface area contributed by atoms with E-state index >= 15 is 0 Å². The van der Waals surface area contributed by atoms with Crippen molar-refractivity contribution in [3.05, 3.63) is 64.8 Å².